The van der Waals surface area contributed by atoms with Gasteiger partial charge in [0.15, 0.2) is 0 Å². The predicted octanol–water partition coefficient (Wildman–Crippen LogP) is 4.15. The summed E-state index contributed by atoms with van der Waals surface area (Å²) in [6, 6.07) is 12.4. The van der Waals surface area contributed by atoms with Crippen molar-refractivity contribution in [3.05, 3.63) is 82.8 Å². The van der Waals surface area contributed by atoms with Crippen LogP contribution in [-0.2, 0) is 23.0 Å². The summed E-state index contributed by atoms with van der Waals surface area (Å²) in [6.45, 7) is 3.00. The Kier molecular flexibility index (Phi) is 6.36. The van der Waals surface area contributed by atoms with Crippen LogP contribution in [0, 0.1) is 6.92 Å². The standard InChI is InChI=1S/C27H30N6O2S/c1-18-8-9-22(31-25-7-5-6-19-17-33(36(4,34)35)11-10-23(19)25)13-24(18)26-12-20(14-28-26)21-15-29-27(30-16-21)32(2)3/h5-9,13-16,31H,10-12,17H2,1-4H3. The number of allylic oxidation sites excluding steroid dienone is 1. The number of hydrogen-bond acceptors (Lipinski definition) is 7. The van der Waals surface area contributed by atoms with Crippen LogP contribution in [0.1, 0.15) is 34.2 Å². The molecule has 2 aromatic carbocycles. The van der Waals surface area contributed by atoms with Crippen molar-refractivity contribution in [3.8, 4) is 0 Å². The lowest BCUT2D eigenvalue weighted by molar-refractivity contribution is 0.395. The van der Waals surface area contributed by atoms with Crippen molar-refractivity contribution in [3.63, 3.8) is 0 Å². The maximum absolute atomic E-state index is 12.0. The van der Waals surface area contributed by atoms with Gasteiger partial charge >= 0.3 is 0 Å². The third-order valence-corrected chi connectivity index (χ3v) is 7.92. The van der Waals surface area contributed by atoms with Gasteiger partial charge in [0.2, 0.25) is 16.0 Å². The molecule has 0 bridgehead atoms. The predicted molar refractivity (Wildman–Crippen MR) is 145 cm³/mol. The quantitative estimate of drug-likeness (QED) is 0.545. The molecule has 0 aliphatic carbocycles. The van der Waals surface area contributed by atoms with Gasteiger partial charge < -0.3 is 10.2 Å². The van der Waals surface area contributed by atoms with E-state index < -0.39 is 10.0 Å². The molecule has 0 saturated heterocycles. The molecule has 36 heavy (non-hydrogen) atoms. The average Bonchev–Trinajstić information content (AvgIpc) is 3.35. The number of aromatic nitrogens is 2. The number of anilines is 3. The average molecular weight is 503 g/mol. The first kappa shape index (κ1) is 24.1. The SMILES string of the molecule is Cc1ccc(Nc2cccc3c2CCN(S(C)(=O)=O)C3)cc1C1=NC=C(c2cnc(N(C)C)nc2)C1. The van der Waals surface area contributed by atoms with Crippen LogP contribution in [0.15, 0.2) is 60.0 Å². The summed E-state index contributed by atoms with van der Waals surface area (Å²) in [5, 5.41) is 3.57. The molecule has 1 aromatic heterocycles. The Morgan fingerprint density at radius 3 is 2.58 bits per heavy atom. The number of aliphatic imine (C=N–C) groups is 1. The molecule has 0 radical (unpaired) electrons. The zero-order chi connectivity index (χ0) is 25.4. The van der Waals surface area contributed by atoms with Crippen LogP contribution < -0.4 is 10.2 Å². The number of fused-ring (bicyclic) bond motifs is 1. The number of rotatable bonds is 6. The molecule has 2 aliphatic heterocycles. The third-order valence-electron chi connectivity index (χ3n) is 6.67. The molecule has 5 rings (SSSR count). The number of hydrogen-bond donors (Lipinski definition) is 1. The molecule has 3 aromatic rings. The molecule has 2 aliphatic rings. The minimum absolute atomic E-state index is 0.410. The van der Waals surface area contributed by atoms with Crippen molar-refractivity contribution in [1.82, 2.24) is 14.3 Å². The number of nitrogens with zero attached hydrogens (tertiary/aromatic N) is 5. The Bertz CT molecular complexity index is 1480. The zero-order valence-corrected chi connectivity index (χ0v) is 21.8. The van der Waals surface area contributed by atoms with E-state index in [0.29, 0.717) is 25.5 Å². The largest absolute Gasteiger partial charge is 0.355 e. The Morgan fingerprint density at radius 2 is 1.86 bits per heavy atom. The van der Waals surface area contributed by atoms with Crippen LogP contribution in [0.25, 0.3) is 5.57 Å². The van der Waals surface area contributed by atoms with Gasteiger partial charge in [-0.25, -0.2) is 18.4 Å². The van der Waals surface area contributed by atoms with Gasteiger partial charge in [-0.3, -0.25) is 4.99 Å². The second-order valence-corrected chi connectivity index (χ2v) is 11.5. The summed E-state index contributed by atoms with van der Waals surface area (Å²) in [7, 11) is 0.636. The summed E-state index contributed by atoms with van der Waals surface area (Å²) in [5.74, 6) is 0.681. The van der Waals surface area contributed by atoms with Gasteiger partial charge in [0.05, 0.1) is 12.0 Å². The zero-order valence-electron chi connectivity index (χ0n) is 21.0. The highest BCUT2D eigenvalue weighted by Gasteiger charge is 2.25. The van der Waals surface area contributed by atoms with Crippen molar-refractivity contribution >= 4 is 38.6 Å². The molecular weight excluding hydrogens is 472 g/mol. The summed E-state index contributed by atoms with van der Waals surface area (Å²) < 4.78 is 25.6. The molecule has 0 atom stereocenters. The highest BCUT2D eigenvalue weighted by molar-refractivity contribution is 7.88. The van der Waals surface area contributed by atoms with Crippen LogP contribution in [0.2, 0.25) is 0 Å². The molecule has 0 fully saturated rings. The van der Waals surface area contributed by atoms with Crippen LogP contribution in [0.3, 0.4) is 0 Å². The first-order valence-corrected chi connectivity index (χ1v) is 13.7. The van der Waals surface area contributed by atoms with E-state index >= 15 is 0 Å². The van der Waals surface area contributed by atoms with Gasteiger partial charge in [-0.1, -0.05) is 18.2 Å². The van der Waals surface area contributed by atoms with Gasteiger partial charge in [0, 0.05) is 74.7 Å². The van der Waals surface area contributed by atoms with Crippen LogP contribution >= 0.6 is 0 Å². The third kappa shape index (κ3) is 4.89. The van der Waals surface area contributed by atoms with E-state index in [1.807, 2.05) is 49.7 Å². The molecule has 0 spiro atoms. The number of nitrogens with one attached hydrogen (secondary N) is 1. The van der Waals surface area contributed by atoms with Gasteiger partial charge in [0.1, 0.15) is 0 Å². The van der Waals surface area contributed by atoms with Gasteiger partial charge in [-0.15, -0.1) is 0 Å². The van der Waals surface area contributed by atoms with E-state index in [4.69, 9.17) is 4.99 Å². The van der Waals surface area contributed by atoms with E-state index in [1.54, 1.807) is 0 Å². The second kappa shape index (κ2) is 9.48. The summed E-state index contributed by atoms with van der Waals surface area (Å²) in [6.07, 6.45) is 8.27. The van der Waals surface area contributed by atoms with Crippen molar-refractivity contribution in [2.75, 3.05) is 37.1 Å². The molecule has 1 N–H and O–H groups in total. The lowest BCUT2D eigenvalue weighted by atomic mass is 9.96. The number of benzene rings is 2. The number of sulfonamides is 1. The van der Waals surface area contributed by atoms with E-state index in [0.717, 1.165) is 51.3 Å². The van der Waals surface area contributed by atoms with Crippen LogP contribution in [-0.4, -0.2) is 55.3 Å². The van der Waals surface area contributed by atoms with Gasteiger partial charge in [0.25, 0.3) is 0 Å². The summed E-state index contributed by atoms with van der Waals surface area (Å²) in [4.78, 5) is 15.5. The Labute approximate surface area is 212 Å². The van der Waals surface area contributed by atoms with Crippen molar-refractivity contribution in [2.45, 2.75) is 26.3 Å². The van der Waals surface area contributed by atoms with E-state index in [9.17, 15) is 8.42 Å². The second-order valence-electron chi connectivity index (χ2n) is 9.52. The lowest BCUT2D eigenvalue weighted by Crippen LogP contribution is -2.35. The van der Waals surface area contributed by atoms with Gasteiger partial charge in [-0.05, 0) is 53.8 Å². The molecule has 0 saturated carbocycles. The van der Waals surface area contributed by atoms with Crippen molar-refractivity contribution < 1.29 is 8.42 Å². The van der Waals surface area contributed by atoms with Crippen molar-refractivity contribution in [2.24, 2.45) is 4.99 Å². The Balaban J connectivity index is 1.34. The topological polar surface area (TPSA) is 90.8 Å². The molecular formula is C27H30N6O2S. The van der Waals surface area contributed by atoms with E-state index in [-0.39, 0.29) is 0 Å². The first-order chi connectivity index (χ1) is 17.2. The summed E-state index contributed by atoms with van der Waals surface area (Å²) in [5.41, 5.74) is 9.55. The molecule has 0 unspecified atom stereocenters. The minimum Gasteiger partial charge on any atom is -0.355 e. The maximum Gasteiger partial charge on any atom is 0.224 e. The monoisotopic (exact) mass is 502 g/mol. The van der Waals surface area contributed by atoms with E-state index in [2.05, 4.69) is 46.5 Å². The molecule has 9 heteroatoms. The Morgan fingerprint density at radius 1 is 1.08 bits per heavy atom. The van der Waals surface area contributed by atoms with Crippen molar-refractivity contribution in [1.29, 1.82) is 0 Å². The van der Waals surface area contributed by atoms with E-state index in [1.165, 1.54) is 16.1 Å². The number of aryl methyl sites for hydroxylation is 1. The Hall–Kier alpha value is -3.56. The molecule has 186 valence electrons. The fourth-order valence-corrected chi connectivity index (χ4v) is 5.43. The van der Waals surface area contributed by atoms with Crippen LogP contribution in [0.5, 0.6) is 0 Å². The lowest BCUT2D eigenvalue weighted by Gasteiger charge is -2.28. The molecule has 8 nitrogen and oxygen atoms in total. The highest BCUT2D eigenvalue weighted by Crippen LogP contribution is 2.32. The van der Waals surface area contributed by atoms with Gasteiger partial charge in [-0.2, -0.15) is 4.31 Å². The van der Waals surface area contributed by atoms with Crippen LogP contribution in [0.4, 0.5) is 17.3 Å². The maximum atomic E-state index is 12.0. The normalized spacial score (nSPS) is 15.8. The highest BCUT2D eigenvalue weighted by atomic mass is 32.2. The first-order valence-electron chi connectivity index (χ1n) is 11.9. The fourth-order valence-electron chi connectivity index (χ4n) is 4.64. The minimum atomic E-state index is -3.21. The smallest absolute Gasteiger partial charge is 0.224 e. The fraction of sp³-hybridized carbons (Fsp3) is 0.296. The molecule has 0 amide bonds. The summed E-state index contributed by atoms with van der Waals surface area (Å²) >= 11 is 0. The molecule has 3 heterocycles.